The van der Waals surface area contributed by atoms with Crippen molar-refractivity contribution in [2.24, 2.45) is 10.9 Å². The van der Waals surface area contributed by atoms with E-state index in [1.54, 1.807) is 0 Å². The zero-order chi connectivity index (χ0) is 19.7. The first-order valence-electron chi connectivity index (χ1n) is 11.6. The van der Waals surface area contributed by atoms with Gasteiger partial charge in [-0.15, -0.1) is 24.0 Å². The second-order valence-electron chi connectivity index (χ2n) is 8.88. The maximum absolute atomic E-state index is 5.60. The van der Waals surface area contributed by atoms with Crippen molar-refractivity contribution in [1.29, 1.82) is 0 Å². The number of piperidine rings is 1. The van der Waals surface area contributed by atoms with Gasteiger partial charge in [0, 0.05) is 57.2 Å². The number of rotatable bonds is 7. The number of hydrogen-bond acceptors (Lipinski definition) is 4. The third-order valence-corrected chi connectivity index (χ3v) is 8.28. The lowest BCUT2D eigenvalue weighted by atomic mass is 9.88. The van der Waals surface area contributed by atoms with E-state index in [9.17, 15) is 0 Å². The summed E-state index contributed by atoms with van der Waals surface area (Å²) in [6.07, 6.45) is 12.0. The van der Waals surface area contributed by atoms with Crippen LogP contribution in [-0.4, -0.2) is 73.8 Å². The van der Waals surface area contributed by atoms with Crippen molar-refractivity contribution in [3.05, 3.63) is 0 Å². The maximum atomic E-state index is 5.60. The molecule has 2 heterocycles. The lowest BCUT2D eigenvalue weighted by Crippen LogP contribution is -2.52. The SMILES string of the molecule is CCSC1(CNC(=NC)NC2CCN(CC3CCCCC3)CC2)CCOCC1.I. The molecule has 3 aliphatic rings. The Hall–Kier alpha value is 0.270. The normalized spacial score (nSPS) is 24.7. The molecular formula is C22H43IN4OS. The fourth-order valence-corrected chi connectivity index (χ4v) is 6.29. The van der Waals surface area contributed by atoms with Crippen molar-refractivity contribution in [2.75, 3.05) is 52.2 Å². The zero-order valence-electron chi connectivity index (χ0n) is 18.6. The Bertz CT molecular complexity index is 468. The number of guanidine groups is 1. The van der Waals surface area contributed by atoms with Gasteiger partial charge in [0.05, 0.1) is 0 Å². The molecule has 0 aromatic carbocycles. The summed E-state index contributed by atoms with van der Waals surface area (Å²) in [5, 5.41) is 7.34. The summed E-state index contributed by atoms with van der Waals surface area (Å²) < 4.78 is 5.90. The van der Waals surface area contributed by atoms with Gasteiger partial charge in [0.2, 0.25) is 0 Å². The zero-order valence-corrected chi connectivity index (χ0v) is 21.7. The monoisotopic (exact) mass is 538 g/mol. The van der Waals surface area contributed by atoms with Crippen LogP contribution in [0.1, 0.15) is 64.7 Å². The van der Waals surface area contributed by atoms with E-state index in [2.05, 4.69) is 39.2 Å². The lowest BCUT2D eigenvalue weighted by molar-refractivity contribution is 0.0781. The van der Waals surface area contributed by atoms with Crippen LogP contribution in [0.25, 0.3) is 0 Å². The topological polar surface area (TPSA) is 48.9 Å². The van der Waals surface area contributed by atoms with E-state index in [-0.39, 0.29) is 24.0 Å². The molecule has 0 spiro atoms. The number of ether oxygens (including phenoxy) is 1. The van der Waals surface area contributed by atoms with Gasteiger partial charge in [-0.1, -0.05) is 26.2 Å². The average Bonchev–Trinajstić information content (AvgIpc) is 2.74. The van der Waals surface area contributed by atoms with Gasteiger partial charge in [0.25, 0.3) is 0 Å². The van der Waals surface area contributed by atoms with Gasteiger partial charge in [-0.25, -0.2) is 0 Å². The Balaban J connectivity index is 0.00000300. The van der Waals surface area contributed by atoms with E-state index >= 15 is 0 Å². The second-order valence-corrected chi connectivity index (χ2v) is 10.6. The maximum Gasteiger partial charge on any atom is 0.191 e. The molecule has 3 fully saturated rings. The number of halogens is 1. The quantitative estimate of drug-likeness (QED) is 0.290. The molecule has 1 aliphatic carbocycles. The molecule has 5 nitrogen and oxygen atoms in total. The van der Waals surface area contributed by atoms with Crippen LogP contribution < -0.4 is 10.6 Å². The predicted octanol–water partition coefficient (Wildman–Crippen LogP) is 4.12. The molecule has 7 heteroatoms. The summed E-state index contributed by atoms with van der Waals surface area (Å²) >= 11 is 2.08. The average molecular weight is 539 g/mol. The van der Waals surface area contributed by atoms with Gasteiger partial charge in [0.15, 0.2) is 5.96 Å². The summed E-state index contributed by atoms with van der Waals surface area (Å²) in [6.45, 7) is 8.82. The molecule has 0 radical (unpaired) electrons. The van der Waals surface area contributed by atoms with Gasteiger partial charge in [-0.2, -0.15) is 11.8 Å². The Labute approximate surface area is 200 Å². The van der Waals surface area contributed by atoms with Crippen molar-refractivity contribution in [1.82, 2.24) is 15.5 Å². The first kappa shape index (κ1) is 25.5. The van der Waals surface area contributed by atoms with E-state index in [1.165, 1.54) is 64.6 Å². The molecule has 0 atom stereocenters. The molecule has 0 bridgehead atoms. The van der Waals surface area contributed by atoms with E-state index in [4.69, 9.17) is 4.74 Å². The van der Waals surface area contributed by atoms with Crippen molar-refractivity contribution in [2.45, 2.75) is 75.5 Å². The summed E-state index contributed by atoms with van der Waals surface area (Å²) in [4.78, 5) is 7.22. The molecule has 0 aromatic rings. The third kappa shape index (κ3) is 8.37. The summed E-state index contributed by atoms with van der Waals surface area (Å²) in [6, 6.07) is 0.554. The Morgan fingerprint density at radius 2 is 1.79 bits per heavy atom. The number of likely N-dealkylation sites (tertiary alicyclic amines) is 1. The van der Waals surface area contributed by atoms with E-state index in [1.807, 2.05) is 7.05 Å². The summed E-state index contributed by atoms with van der Waals surface area (Å²) in [5.41, 5.74) is 0. The van der Waals surface area contributed by atoms with Crippen LogP contribution in [0.5, 0.6) is 0 Å². The van der Waals surface area contributed by atoms with Gasteiger partial charge >= 0.3 is 0 Å². The Morgan fingerprint density at radius 1 is 1.10 bits per heavy atom. The minimum Gasteiger partial charge on any atom is -0.381 e. The van der Waals surface area contributed by atoms with Crippen LogP contribution in [0.4, 0.5) is 0 Å². The van der Waals surface area contributed by atoms with Gasteiger partial charge in [-0.3, -0.25) is 4.99 Å². The third-order valence-electron chi connectivity index (χ3n) is 6.83. The highest BCUT2D eigenvalue weighted by Gasteiger charge is 2.33. The van der Waals surface area contributed by atoms with Crippen LogP contribution in [0, 0.1) is 5.92 Å². The van der Waals surface area contributed by atoms with Crippen molar-refractivity contribution in [3.8, 4) is 0 Å². The molecule has 0 unspecified atom stereocenters. The number of hydrogen-bond donors (Lipinski definition) is 2. The van der Waals surface area contributed by atoms with Crippen molar-refractivity contribution in [3.63, 3.8) is 0 Å². The van der Waals surface area contributed by atoms with Crippen LogP contribution in [0.2, 0.25) is 0 Å². The molecule has 2 saturated heterocycles. The number of thioether (sulfide) groups is 1. The highest BCUT2D eigenvalue weighted by atomic mass is 127. The minimum absolute atomic E-state index is 0. The van der Waals surface area contributed by atoms with E-state index in [0.717, 1.165) is 50.2 Å². The predicted molar refractivity (Wildman–Crippen MR) is 137 cm³/mol. The number of aliphatic imine (C=N–C) groups is 1. The second kappa shape index (κ2) is 13.6. The van der Waals surface area contributed by atoms with Crippen LogP contribution in [0.3, 0.4) is 0 Å². The molecule has 170 valence electrons. The molecule has 29 heavy (non-hydrogen) atoms. The Kier molecular flexibility index (Phi) is 12.0. The molecule has 2 N–H and O–H groups in total. The molecule has 3 rings (SSSR count). The molecular weight excluding hydrogens is 495 g/mol. The number of nitrogens with zero attached hydrogens (tertiary/aromatic N) is 2. The molecule has 1 saturated carbocycles. The minimum atomic E-state index is 0. The first-order valence-corrected chi connectivity index (χ1v) is 12.6. The van der Waals surface area contributed by atoms with Gasteiger partial charge in [0.1, 0.15) is 0 Å². The van der Waals surface area contributed by atoms with Crippen LogP contribution in [0.15, 0.2) is 4.99 Å². The summed E-state index contributed by atoms with van der Waals surface area (Å²) in [5.74, 6) is 3.10. The van der Waals surface area contributed by atoms with Gasteiger partial charge < -0.3 is 20.3 Å². The van der Waals surface area contributed by atoms with E-state index in [0.29, 0.717) is 10.8 Å². The van der Waals surface area contributed by atoms with Gasteiger partial charge in [-0.05, 0) is 50.2 Å². The molecule has 2 aliphatic heterocycles. The van der Waals surface area contributed by atoms with Crippen LogP contribution >= 0.6 is 35.7 Å². The van der Waals surface area contributed by atoms with Crippen LogP contribution in [-0.2, 0) is 4.74 Å². The molecule has 0 aromatic heterocycles. The molecule has 0 amide bonds. The highest BCUT2D eigenvalue weighted by Crippen LogP contribution is 2.34. The standard InChI is InChI=1S/C22H42N4OS.HI/c1-3-28-22(11-15-27-16-12-22)18-24-21(23-2)25-20-9-13-26(14-10-20)17-19-7-5-4-6-8-19;/h19-20H,3-18H2,1-2H3,(H2,23,24,25);1H. The van der Waals surface area contributed by atoms with Crippen molar-refractivity contribution >= 4 is 41.7 Å². The lowest BCUT2D eigenvalue weighted by Gasteiger charge is -2.38. The fourth-order valence-electron chi connectivity index (χ4n) is 5.05. The Morgan fingerprint density at radius 3 is 2.41 bits per heavy atom. The smallest absolute Gasteiger partial charge is 0.191 e. The highest BCUT2D eigenvalue weighted by molar-refractivity contribution is 14.0. The first-order chi connectivity index (χ1) is 13.7. The number of nitrogens with one attached hydrogen (secondary N) is 2. The van der Waals surface area contributed by atoms with Crippen molar-refractivity contribution < 1.29 is 4.74 Å². The fraction of sp³-hybridized carbons (Fsp3) is 0.955. The summed E-state index contributed by atoms with van der Waals surface area (Å²) in [7, 11) is 1.90. The largest absolute Gasteiger partial charge is 0.381 e. The van der Waals surface area contributed by atoms with E-state index < -0.39 is 0 Å².